The lowest BCUT2D eigenvalue weighted by Gasteiger charge is -2.36. The maximum Gasteiger partial charge on any atom is 0.410 e. The molecule has 0 aromatic heterocycles. The van der Waals surface area contributed by atoms with Gasteiger partial charge in [0.25, 0.3) is 0 Å². The highest BCUT2D eigenvalue weighted by Gasteiger charge is 2.50. The summed E-state index contributed by atoms with van der Waals surface area (Å²) < 4.78 is 19.0. The molecule has 96 valence electrons. The van der Waals surface area contributed by atoms with Crippen molar-refractivity contribution in [2.45, 2.75) is 63.9 Å². The average Bonchev–Trinajstić information content (AvgIpc) is 2.51. The van der Waals surface area contributed by atoms with Gasteiger partial charge in [-0.15, -0.1) is 0 Å². The average molecular weight is 243 g/mol. The van der Waals surface area contributed by atoms with Crippen molar-refractivity contribution in [2.75, 3.05) is 0 Å². The molecule has 2 bridgehead atoms. The van der Waals surface area contributed by atoms with Crippen LogP contribution in [-0.2, 0) is 9.53 Å². The molecule has 4 nitrogen and oxygen atoms in total. The first-order valence-electron chi connectivity index (χ1n) is 5.98. The van der Waals surface area contributed by atoms with Gasteiger partial charge in [0, 0.05) is 12.5 Å². The fraction of sp³-hybridized carbons (Fsp3) is 0.833. The highest BCUT2D eigenvalue weighted by molar-refractivity contribution is 5.87. The van der Waals surface area contributed by atoms with Crippen LogP contribution in [0.1, 0.15) is 40.0 Å². The number of halogens is 1. The Morgan fingerprint density at radius 2 is 2.06 bits per heavy atom. The van der Waals surface area contributed by atoms with E-state index in [1.807, 2.05) is 0 Å². The summed E-state index contributed by atoms with van der Waals surface area (Å²) in [5, 5.41) is 0. The number of ether oxygens (including phenoxy) is 1. The second-order valence-electron chi connectivity index (χ2n) is 5.76. The summed E-state index contributed by atoms with van der Waals surface area (Å²) >= 11 is 0. The zero-order chi connectivity index (χ0) is 12.8. The third kappa shape index (κ3) is 2.28. The molecular formula is C12H18FNO3. The largest absolute Gasteiger partial charge is 0.444 e. The molecule has 1 amide bonds. The second-order valence-corrected chi connectivity index (χ2v) is 5.76. The van der Waals surface area contributed by atoms with Crippen molar-refractivity contribution in [1.82, 2.24) is 4.90 Å². The van der Waals surface area contributed by atoms with Crippen molar-refractivity contribution in [1.29, 1.82) is 0 Å². The van der Waals surface area contributed by atoms with Crippen LogP contribution in [0.2, 0.25) is 0 Å². The highest BCUT2D eigenvalue weighted by Crippen LogP contribution is 2.36. The van der Waals surface area contributed by atoms with Gasteiger partial charge in [-0.3, -0.25) is 9.69 Å². The number of carbonyl (C=O) groups is 2. The van der Waals surface area contributed by atoms with Crippen molar-refractivity contribution in [3.63, 3.8) is 0 Å². The van der Waals surface area contributed by atoms with Crippen LogP contribution in [-0.4, -0.2) is 40.6 Å². The van der Waals surface area contributed by atoms with E-state index < -0.39 is 23.9 Å². The first-order chi connectivity index (χ1) is 7.79. The number of alkyl halides is 1. The van der Waals surface area contributed by atoms with Crippen LogP contribution < -0.4 is 0 Å². The van der Waals surface area contributed by atoms with Crippen molar-refractivity contribution in [3.8, 4) is 0 Å². The van der Waals surface area contributed by atoms with E-state index in [2.05, 4.69) is 0 Å². The van der Waals surface area contributed by atoms with Gasteiger partial charge in [-0.1, -0.05) is 0 Å². The van der Waals surface area contributed by atoms with Crippen molar-refractivity contribution < 1.29 is 18.7 Å². The first-order valence-corrected chi connectivity index (χ1v) is 5.98. The molecule has 3 atom stereocenters. The molecule has 2 fully saturated rings. The van der Waals surface area contributed by atoms with E-state index in [0.717, 1.165) is 0 Å². The Morgan fingerprint density at radius 3 is 2.65 bits per heavy atom. The maximum absolute atomic E-state index is 13.7. The summed E-state index contributed by atoms with van der Waals surface area (Å²) in [7, 11) is 0. The van der Waals surface area contributed by atoms with Gasteiger partial charge < -0.3 is 4.74 Å². The predicted molar refractivity (Wildman–Crippen MR) is 59.4 cm³/mol. The third-order valence-corrected chi connectivity index (χ3v) is 3.23. The molecule has 2 rings (SSSR count). The Bertz CT molecular complexity index is 350. The Kier molecular flexibility index (Phi) is 2.87. The van der Waals surface area contributed by atoms with Crippen LogP contribution in [0.4, 0.5) is 9.18 Å². The van der Waals surface area contributed by atoms with E-state index in [0.29, 0.717) is 12.8 Å². The molecule has 0 aromatic rings. The van der Waals surface area contributed by atoms with Crippen LogP contribution in [0.3, 0.4) is 0 Å². The number of carbonyl (C=O) groups excluding carboxylic acids is 2. The number of hydrogen-bond donors (Lipinski definition) is 0. The van der Waals surface area contributed by atoms with Gasteiger partial charge >= 0.3 is 6.09 Å². The normalized spacial score (nSPS) is 32.8. The molecular weight excluding hydrogens is 225 g/mol. The fourth-order valence-electron chi connectivity index (χ4n) is 2.56. The SMILES string of the molecule is CC(C)(C)OC(=O)N1[C@@H]2CC[C@@H]1[C@@H](F)C(=O)C2. The molecule has 0 unspecified atom stereocenters. The molecule has 17 heavy (non-hydrogen) atoms. The summed E-state index contributed by atoms with van der Waals surface area (Å²) in [6.07, 6.45) is -0.675. The number of nitrogens with zero attached hydrogens (tertiary/aromatic N) is 1. The molecule has 2 aliphatic rings. The Hall–Kier alpha value is -1.13. The van der Waals surface area contributed by atoms with Crippen LogP contribution in [0.5, 0.6) is 0 Å². The Morgan fingerprint density at radius 1 is 1.41 bits per heavy atom. The number of ketones is 1. The zero-order valence-electron chi connectivity index (χ0n) is 10.4. The number of rotatable bonds is 0. The van der Waals surface area contributed by atoms with Gasteiger partial charge in [0.1, 0.15) is 5.60 Å². The zero-order valence-corrected chi connectivity index (χ0v) is 10.4. The van der Waals surface area contributed by atoms with Crippen molar-refractivity contribution in [3.05, 3.63) is 0 Å². The van der Waals surface area contributed by atoms with Gasteiger partial charge in [-0.25, -0.2) is 9.18 Å². The van der Waals surface area contributed by atoms with E-state index in [9.17, 15) is 14.0 Å². The molecule has 0 aromatic carbocycles. The molecule has 0 spiro atoms. The number of fused-ring (bicyclic) bond motifs is 2. The second kappa shape index (κ2) is 3.96. The lowest BCUT2D eigenvalue weighted by atomic mass is 10.0. The number of amides is 1. The first kappa shape index (κ1) is 12.3. The molecule has 2 aliphatic heterocycles. The topological polar surface area (TPSA) is 46.6 Å². The van der Waals surface area contributed by atoms with Crippen LogP contribution in [0.25, 0.3) is 0 Å². The number of hydrogen-bond acceptors (Lipinski definition) is 3. The van der Waals surface area contributed by atoms with Gasteiger partial charge in [0.2, 0.25) is 0 Å². The van der Waals surface area contributed by atoms with Crippen LogP contribution >= 0.6 is 0 Å². The minimum Gasteiger partial charge on any atom is -0.444 e. The Balaban J connectivity index is 2.12. The molecule has 5 heteroatoms. The van der Waals surface area contributed by atoms with E-state index in [4.69, 9.17) is 4.74 Å². The molecule has 0 N–H and O–H groups in total. The van der Waals surface area contributed by atoms with E-state index in [1.165, 1.54) is 4.90 Å². The molecule has 0 saturated carbocycles. The third-order valence-electron chi connectivity index (χ3n) is 3.23. The van der Waals surface area contributed by atoms with Gasteiger partial charge in [0.15, 0.2) is 12.0 Å². The van der Waals surface area contributed by atoms with Gasteiger partial charge in [-0.05, 0) is 33.6 Å². The smallest absolute Gasteiger partial charge is 0.410 e. The minimum absolute atomic E-state index is 0.122. The van der Waals surface area contributed by atoms with E-state index in [-0.39, 0.29) is 18.2 Å². The predicted octanol–water partition coefficient (Wildman–Crippen LogP) is 2.07. The van der Waals surface area contributed by atoms with Crippen LogP contribution in [0, 0.1) is 0 Å². The quantitative estimate of drug-likeness (QED) is 0.654. The van der Waals surface area contributed by atoms with Gasteiger partial charge in [-0.2, -0.15) is 0 Å². The van der Waals surface area contributed by atoms with Crippen molar-refractivity contribution in [2.24, 2.45) is 0 Å². The fourth-order valence-corrected chi connectivity index (χ4v) is 2.56. The lowest BCUT2D eigenvalue weighted by molar-refractivity contribution is -0.130. The number of piperidine rings is 1. The molecule has 0 radical (unpaired) electrons. The lowest BCUT2D eigenvalue weighted by Crippen LogP contribution is -2.54. The summed E-state index contributed by atoms with van der Waals surface area (Å²) in [6.45, 7) is 5.32. The monoisotopic (exact) mass is 243 g/mol. The summed E-state index contributed by atoms with van der Waals surface area (Å²) in [5.41, 5.74) is -0.593. The van der Waals surface area contributed by atoms with Gasteiger partial charge in [0.05, 0.1) is 6.04 Å². The minimum atomic E-state index is -1.54. The van der Waals surface area contributed by atoms with E-state index >= 15 is 0 Å². The summed E-state index contributed by atoms with van der Waals surface area (Å²) in [6, 6.07) is -0.787. The van der Waals surface area contributed by atoms with E-state index in [1.54, 1.807) is 20.8 Å². The molecule has 2 heterocycles. The standard InChI is InChI=1S/C12H18FNO3/c1-12(2,3)17-11(16)14-7-4-5-8(14)10(13)9(15)6-7/h7-8,10H,4-6H2,1-3H3/t7-,8-,10-/m1/s1. The molecule has 0 aliphatic carbocycles. The van der Waals surface area contributed by atoms with Crippen molar-refractivity contribution >= 4 is 11.9 Å². The summed E-state index contributed by atoms with van der Waals surface area (Å²) in [4.78, 5) is 24.7. The molecule has 2 saturated heterocycles. The highest BCUT2D eigenvalue weighted by atomic mass is 19.1. The number of Topliss-reactive ketones (excluding diaryl/α,β-unsaturated/α-hetero) is 1. The van der Waals surface area contributed by atoms with Crippen LogP contribution in [0.15, 0.2) is 0 Å². The summed E-state index contributed by atoms with van der Waals surface area (Å²) in [5.74, 6) is -0.377. The maximum atomic E-state index is 13.7. The Labute approximate surface area is 100 Å².